The Morgan fingerprint density at radius 2 is 2.43 bits per heavy atom. The van der Waals surface area contributed by atoms with Gasteiger partial charge in [-0.05, 0) is 30.9 Å². The molecule has 3 nitrogen and oxygen atoms in total. The molecule has 0 radical (unpaired) electrons. The Bertz CT molecular complexity index is 309. The second-order valence-electron chi connectivity index (χ2n) is 3.08. The van der Waals surface area contributed by atoms with Crippen LogP contribution in [0.25, 0.3) is 0 Å². The number of aryl methyl sites for hydroxylation is 1. The van der Waals surface area contributed by atoms with Gasteiger partial charge in [0.2, 0.25) is 0 Å². The molecule has 2 N–H and O–H groups in total. The lowest BCUT2D eigenvalue weighted by Crippen LogP contribution is -2.16. The molecule has 4 heteroatoms. The van der Waals surface area contributed by atoms with Crippen LogP contribution in [-0.2, 0) is 9.53 Å². The maximum Gasteiger partial charge on any atom is 0.307 e. The summed E-state index contributed by atoms with van der Waals surface area (Å²) in [5.41, 5.74) is 7.03. The predicted molar refractivity (Wildman–Crippen MR) is 57.2 cm³/mol. The SMILES string of the molecule is CCOC(=O)CC(N)c1sccc1C. The van der Waals surface area contributed by atoms with Crippen LogP contribution in [0.2, 0.25) is 0 Å². The lowest BCUT2D eigenvalue weighted by Gasteiger charge is -2.09. The molecule has 14 heavy (non-hydrogen) atoms. The third-order valence-electron chi connectivity index (χ3n) is 1.93. The number of hydrogen-bond donors (Lipinski definition) is 1. The van der Waals surface area contributed by atoms with E-state index in [1.165, 1.54) is 0 Å². The number of esters is 1. The van der Waals surface area contributed by atoms with E-state index < -0.39 is 0 Å². The molecule has 1 atom stereocenters. The van der Waals surface area contributed by atoms with E-state index >= 15 is 0 Å². The van der Waals surface area contributed by atoms with Gasteiger partial charge in [0.25, 0.3) is 0 Å². The number of carbonyl (C=O) groups is 1. The molecule has 0 saturated heterocycles. The Morgan fingerprint density at radius 3 is 2.93 bits per heavy atom. The maximum atomic E-state index is 11.2. The first-order chi connectivity index (χ1) is 6.65. The van der Waals surface area contributed by atoms with Gasteiger partial charge in [0.15, 0.2) is 0 Å². The molecule has 1 aromatic heterocycles. The minimum atomic E-state index is -0.229. The fourth-order valence-electron chi connectivity index (χ4n) is 1.26. The third-order valence-corrected chi connectivity index (χ3v) is 3.08. The van der Waals surface area contributed by atoms with E-state index in [-0.39, 0.29) is 18.4 Å². The summed E-state index contributed by atoms with van der Waals surface area (Å²) in [4.78, 5) is 12.2. The summed E-state index contributed by atoms with van der Waals surface area (Å²) in [5.74, 6) is -0.229. The maximum absolute atomic E-state index is 11.2. The van der Waals surface area contributed by atoms with E-state index in [0.717, 1.165) is 10.4 Å². The molecular formula is C10H15NO2S. The van der Waals surface area contributed by atoms with Crippen molar-refractivity contribution in [2.24, 2.45) is 5.73 Å². The van der Waals surface area contributed by atoms with Gasteiger partial charge in [-0.3, -0.25) is 4.79 Å². The van der Waals surface area contributed by atoms with Crippen molar-refractivity contribution in [2.45, 2.75) is 26.3 Å². The van der Waals surface area contributed by atoms with Gasteiger partial charge < -0.3 is 10.5 Å². The van der Waals surface area contributed by atoms with Crippen LogP contribution >= 0.6 is 11.3 Å². The van der Waals surface area contributed by atoms with Crippen molar-refractivity contribution >= 4 is 17.3 Å². The average molecular weight is 213 g/mol. The molecule has 0 aliphatic rings. The van der Waals surface area contributed by atoms with Crippen LogP contribution in [0.4, 0.5) is 0 Å². The van der Waals surface area contributed by atoms with Crippen LogP contribution in [0.3, 0.4) is 0 Å². The van der Waals surface area contributed by atoms with Crippen LogP contribution in [-0.4, -0.2) is 12.6 Å². The van der Waals surface area contributed by atoms with Crippen molar-refractivity contribution in [3.8, 4) is 0 Å². The van der Waals surface area contributed by atoms with Crippen LogP contribution in [0.1, 0.15) is 29.8 Å². The van der Waals surface area contributed by atoms with Crippen molar-refractivity contribution < 1.29 is 9.53 Å². The smallest absolute Gasteiger partial charge is 0.307 e. The topological polar surface area (TPSA) is 52.3 Å². The van der Waals surface area contributed by atoms with Gasteiger partial charge in [0, 0.05) is 10.9 Å². The molecule has 78 valence electrons. The number of rotatable bonds is 4. The fourth-order valence-corrected chi connectivity index (χ4v) is 2.19. The molecule has 0 aliphatic heterocycles. The first-order valence-corrected chi connectivity index (χ1v) is 5.48. The first kappa shape index (κ1) is 11.2. The second kappa shape index (κ2) is 5.12. The van der Waals surface area contributed by atoms with E-state index in [2.05, 4.69) is 0 Å². The lowest BCUT2D eigenvalue weighted by atomic mass is 10.1. The van der Waals surface area contributed by atoms with E-state index in [9.17, 15) is 4.79 Å². The molecule has 1 aromatic rings. The molecule has 1 heterocycles. The summed E-state index contributed by atoms with van der Waals surface area (Å²) >= 11 is 1.58. The zero-order chi connectivity index (χ0) is 10.6. The highest BCUT2D eigenvalue weighted by Gasteiger charge is 2.15. The molecule has 0 bridgehead atoms. The molecule has 0 saturated carbocycles. The predicted octanol–water partition coefficient (Wildman–Crippen LogP) is 2.01. The third kappa shape index (κ3) is 2.82. The van der Waals surface area contributed by atoms with E-state index in [4.69, 9.17) is 10.5 Å². The molecule has 0 amide bonds. The molecule has 0 fully saturated rings. The Morgan fingerprint density at radius 1 is 1.71 bits per heavy atom. The second-order valence-corrected chi connectivity index (χ2v) is 4.03. The summed E-state index contributed by atoms with van der Waals surface area (Å²) in [6, 6.07) is 1.78. The molecule has 1 unspecified atom stereocenters. The molecular weight excluding hydrogens is 198 g/mol. The van der Waals surface area contributed by atoms with Gasteiger partial charge in [-0.1, -0.05) is 0 Å². The molecule has 0 aliphatic carbocycles. The van der Waals surface area contributed by atoms with Gasteiger partial charge in [0.1, 0.15) is 0 Å². The van der Waals surface area contributed by atoms with Crippen molar-refractivity contribution in [1.29, 1.82) is 0 Å². The highest BCUT2D eigenvalue weighted by Crippen LogP contribution is 2.24. The van der Waals surface area contributed by atoms with Gasteiger partial charge in [-0.25, -0.2) is 0 Å². The summed E-state index contributed by atoms with van der Waals surface area (Å²) in [6.07, 6.45) is 0.259. The van der Waals surface area contributed by atoms with E-state index in [1.54, 1.807) is 18.3 Å². The Kier molecular flexibility index (Phi) is 4.10. The number of ether oxygens (including phenoxy) is 1. The number of thiophene rings is 1. The van der Waals surface area contributed by atoms with Crippen LogP contribution < -0.4 is 5.73 Å². The van der Waals surface area contributed by atoms with Gasteiger partial charge in [-0.15, -0.1) is 11.3 Å². The average Bonchev–Trinajstić information content (AvgIpc) is 2.51. The molecule has 1 rings (SSSR count). The number of hydrogen-bond acceptors (Lipinski definition) is 4. The van der Waals surface area contributed by atoms with Crippen LogP contribution in [0.15, 0.2) is 11.4 Å². The quantitative estimate of drug-likeness (QED) is 0.778. The van der Waals surface area contributed by atoms with Crippen LogP contribution in [0, 0.1) is 6.92 Å². The Balaban J connectivity index is 2.54. The lowest BCUT2D eigenvalue weighted by molar-refractivity contribution is -0.143. The summed E-state index contributed by atoms with van der Waals surface area (Å²) in [6.45, 7) is 4.20. The van der Waals surface area contributed by atoms with Crippen molar-refractivity contribution in [2.75, 3.05) is 6.61 Å². The number of nitrogens with two attached hydrogens (primary N) is 1. The standard InChI is InChI=1S/C10H15NO2S/c1-3-13-9(12)6-8(11)10-7(2)4-5-14-10/h4-5,8H,3,6,11H2,1-2H3. The van der Waals surface area contributed by atoms with E-state index in [0.29, 0.717) is 6.61 Å². The monoisotopic (exact) mass is 213 g/mol. The van der Waals surface area contributed by atoms with Gasteiger partial charge in [-0.2, -0.15) is 0 Å². The summed E-state index contributed by atoms with van der Waals surface area (Å²) in [7, 11) is 0. The zero-order valence-electron chi connectivity index (χ0n) is 8.45. The molecule has 0 spiro atoms. The number of carbonyl (C=O) groups excluding carboxylic acids is 1. The largest absolute Gasteiger partial charge is 0.466 e. The van der Waals surface area contributed by atoms with E-state index in [1.807, 2.05) is 18.4 Å². The minimum absolute atomic E-state index is 0.228. The van der Waals surface area contributed by atoms with Crippen molar-refractivity contribution in [3.63, 3.8) is 0 Å². The van der Waals surface area contributed by atoms with Gasteiger partial charge in [0.05, 0.1) is 13.0 Å². The first-order valence-electron chi connectivity index (χ1n) is 4.60. The highest BCUT2D eigenvalue weighted by atomic mass is 32.1. The normalized spacial score (nSPS) is 12.5. The fraction of sp³-hybridized carbons (Fsp3) is 0.500. The minimum Gasteiger partial charge on any atom is -0.466 e. The Labute approximate surface area is 87.9 Å². The highest BCUT2D eigenvalue weighted by molar-refractivity contribution is 7.10. The van der Waals surface area contributed by atoms with Crippen molar-refractivity contribution in [1.82, 2.24) is 0 Å². The summed E-state index contributed by atoms with van der Waals surface area (Å²) < 4.78 is 4.84. The summed E-state index contributed by atoms with van der Waals surface area (Å²) in [5, 5.41) is 1.98. The zero-order valence-corrected chi connectivity index (χ0v) is 9.26. The Hall–Kier alpha value is -0.870. The van der Waals surface area contributed by atoms with Gasteiger partial charge >= 0.3 is 5.97 Å². The van der Waals surface area contributed by atoms with Crippen LogP contribution in [0.5, 0.6) is 0 Å². The molecule has 0 aromatic carbocycles. The van der Waals surface area contributed by atoms with Crippen molar-refractivity contribution in [3.05, 3.63) is 21.9 Å².